The largest absolute Gasteiger partial charge is 0.393 e. The molecule has 1 rings (SSSR count). The maximum absolute atomic E-state index is 12.6. The number of nitrogen functional groups attached to an aromatic ring is 1. The maximum Gasteiger partial charge on any atom is 0.312 e. The number of sulfonamides is 1. The van der Waals surface area contributed by atoms with Gasteiger partial charge in [0.1, 0.15) is 5.69 Å². The van der Waals surface area contributed by atoms with Crippen molar-refractivity contribution >= 4 is 33.2 Å². The van der Waals surface area contributed by atoms with E-state index in [9.17, 15) is 18.5 Å². The molecule has 1 aromatic rings. The van der Waals surface area contributed by atoms with Gasteiger partial charge in [0.05, 0.1) is 4.92 Å². The summed E-state index contributed by atoms with van der Waals surface area (Å²) < 4.78 is 26.3. The molecule has 7 nitrogen and oxygen atoms in total. The van der Waals surface area contributed by atoms with Crippen LogP contribution in [0.25, 0.3) is 0 Å². The Kier molecular flexibility index (Phi) is 5.99. The number of hydrogen-bond acceptors (Lipinski definition) is 6. The lowest BCUT2D eigenvalue weighted by Crippen LogP contribution is -2.35. The van der Waals surface area contributed by atoms with E-state index in [1.165, 1.54) is 25.2 Å². The number of anilines is 1. The van der Waals surface area contributed by atoms with E-state index < -0.39 is 20.6 Å². The highest BCUT2D eigenvalue weighted by Gasteiger charge is 2.33. The monoisotopic (exact) mass is 333 g/mol. The molecule has 1 unspecified atom stereocenters. The van der Waals surface area contributed by atoms with Crippen molar-refractivity contribution in [3.05, 3.63) is 28.3 Å². The van der Waals surface area contributed by atoms with Gasteiger partial charge in [-0.25, -0.2) is 8.42 Å². The Morgan fingerprint density at radius 3 is 2.62 bits per heavy atom. The van der Waals surface area contributed by atoms with Gasteiger partial charge in [-0.3, -0.25) is 10.1 Å². The van der Waals surface area contributed by atoms with Crippen LogP contribution >= 0.6 is 11.8 Å². The van der Waals surface area contributed by atoms with Crippen molar-refractivity contribution in [3.8, 4) is 0 Å². The van der Waals surface area contributed by atoms with Crippen molar-refractivity contribution in [3.63, 3.8) is 0 Å². The number of thioether (sulfide) groups is 1. The number of rotatable bonds is 7. The molecule has 0 aliphatic heterocycles. The van der Waals surface area contributed by atoms with Crippen LogP contribution in [-0.2, 0) is 10.0 Å². The lowest BCUT2D eigenvalue weighted by atomic mass is 10.3. The quantitative estimate of drug-likeness (QED) is 0.464. The molecule has 0 aliphatic carbocycles. The van der Waals surface area contributed by atoms with Crippen LogP contribution in [-0.4, -0.2) is 42.7 Å². The first-order chi connectivity index (χ1) is 9.73. The Balaban J connectivity index is 3.25. The van der Waals surface area contributed by atoms with E-state index in [4.69, 9.17) is 5.73 Å². The van der Waals surface area contributed by atoms with Crippen molar-refractivity contribution in [2.75, 3.05) is 24.8 Å². The lowest BCUT2D eigenvalue weighted by molar-refractivity contribution is -0.386. The third-order valence-electron chi connectivity index (χ3n) is 3.23. The summed E-state index contributed by atoms with van der Waals surface area (Å²) in [5.74, 6) is 0.806. The van der Waals surface area contributed by atoms with Crippen LogP contribution in [0.15, 0.2) is 23.1 Å². The molecule has 0 spiro atoms. The van der Waals surface area contributed by atoms with E-state index in [1.54, 1.807) is 18.7 Å². The minimum absolute atomic E-state index is 0.161. The maximum atomic E-state index is 12.6. The van der Waals surface area contributed by atoms with Gasteiger partial charge in [0.2, 0.25) is 10.0 Å². The summed E-state index contributed by atoms with van der Waals surface area (Å²) in [4.78, 5) is 9.96. The highest BCUT2D eigenvalue weighted by molar-refractivity contribution is 7.98. The molecule has 0 radical (unpaired) electrons. The molecule has 118 valence electrons. The molecule has 0 heterocycles. The van der Waals surface area contributed by atoms with Gasteiger partial charge in [0.15, 0.2) is 4.90 Å². The summed E-state index contributed by atoms with van der Waals surface area (Å²) in [5, 5.41) is 11.1. The molecule has 0 bridgehead atoms. The molecule has 0 saturated heterocycles. The summed E-state index contributed by atoms with van der Waals surface area (Å²) in [5.41, 5.74) is 4.82. The van der Waals surface area contributed by atoms with Gasteiger partial charge in [-0.15, -0.1) is 0 Å². The first-order valence-electron chi connectivity index (χ1n) is 6.23. The predicted molar refractivity (Wildman–Crippen MR) is 84.9 cm³/mol. The second kappa shape index (κ2) is 7.10. The summed E-state index contributed by atoms with van der Waals surface area (Å²) in [7, 11) is -2.54. The number of benzene rings is 1. The zero-order valence-corrected chi connectivity index (χ0v) is 13.8. The molecule has 9 heteroatoms. The highest BCUT2D eigenvalue weighted by atomic mass is 32.2. The average Bonchev–Trinajstić information content (AvgIpc) is 2.43. The van der Waals surface area contributed by atoms with E-state index in [0.717, 1.165) is 10.1 Å². The molecule has 1 aromatic carbocycles. The molecule has 1 atom stereocenters. The number of nitrogens with zero attached hydrogens (tertiary/aromatic N) is 2. The summed E-state index contributed by atoms with van der Waals surface area (Å²) in [6.07, 6.45) is 2.59. The third kappa shape index (κ3) is 3.86. The SMILES string of the molecule is CSCCC(C)N(C)S(=O)(=O)c1cccc(N)c1[N+](=O)[O-]. The standard InChI is InChI=1S/C12H19N3O4S2/c1-9(7-8-20-3)14(2)21(18,19)11-6-4-5-10(13)12(11)15(16)17/h4-6,9H,7-8,13H2,1-3H3. The van der Waals surface area contributed by atoms with Gasteiger partial charge < -0.3 is 5.73 Å². The van der Waals surface area contributed by atoms with Gasteiger partial charge in [-0.1, -0.05) is 6.07 Å². The van der Waals surface area contributed by atoms with Crippen LogP contribution in [0, 0.1) is 10.1 Å². The fourth-order valence-corrected chi connectivity index (χ4v) is 3.96. The van der Waals surface area contributed by atoms with Gasteiger partial charge >= 0.3 is 5.69 Å². The fraction of sp³-hybridized carbons (Fsp3) is 0.500. The van der Waals surface area contributed by atoms with Gasteiger partial charge in [-0.2, -0.15) is 16.1 Å². The molecule has 21 heavy (non-hydrogen) atoms. The Labute approximate surface area is 128 Å². The first kappa shape index (κ1) is 17.7. The molecule has 0 saturated carbocycles. The van der Waals surface area contributed by atoms with E-state index in [0.29, 0.717) is 6.42 Å². The highest BCUT2D eigenvalue weighted by Crippen LogP contribution is 2.32. The van der Waals surface area contributed by atoms with Crippen molar-refractivity contribution < 1.29 is 13.3 Å². The summed E-state index contributed by atoms with van der Waals surface area (Å²) in [6.45, 7) is 1.77. The predicted octanol–water partition coefficient (Wildman–Crippen LogP) is 1.94. The second-order valence-electron chi connectivity index (χ2n) is 4.60. The van der Waals surface area contributed by atoms with Crippen LogP contribution in [0.3, 0.4) is 0 Å². The van der Waals surface area contributed by atoms with E-state index in [-0.39, 0.29) is 16.6 Å². The number of nitro groups is 1. The van der Waals surface area contributed by atoms with Crippen molar-refractivity contribution in [2.24, 2.45) is 0 Å². The summed E-state index contributed by atoms with van der Waals surface area (Å²) in [6, 6.07) is 3.66. The lowest BCUT2D eigenvalue weighted by Gasteiger charge is -2.24. The van der Waals surface area contributed by atoms with E-state index in [2.05, 4.69) is 0 Å². The number of nitro benzene ring substituents is 1. The smallest absolute Gasteiger partial charge is 0.312 e. The molecular weight excluding hydrogens is 314 g/mol. The van der Waals surface area contributed by atoms with Gasteiger partial charge in [0.25, 0.3) is 0 Å². The minimum Gasteiger partial charge on any atom is -0.393 e. The molecule has 0 aromatic heterocycles. The number of para-hydroxylation sites is 1. The van der Waals surface area contributed by atoms with Crippen molar-refractivity contribution in [1.82, 2.24) is 4.31 Å². The molecule has 0 aliphatic rings. The van der Waals surface area contributed by atoms with Crippen molar-refractivity contribution in [2.45, 2.75) is 24.3 Å². The molecule has 0 amide bonds. The Morgan fingerprint density at radius 2 is 2.10 bits per heavy atom. The Hall–Kier alpha value is -1.32. The number of nitrogens with two attached hydrogens (primary N) is 1. The Morgan fingerprint density at radius 1 is 1.48 bits per heavy atom. The third-order valence-corrected chi connectivity index (χ3v) is 5.88. The first-order valence-corrected chi connectivity index (χ1v) is 9.06. The molecule has 2 N–H and O–H groups in total. The Bertz CT molecular complexity index is 619. The minimum atomic E-state index is -3.96. The second-order valence-corrected chi connectivity index (χ2v) is 7.55. The molecular formula is C12H19N3O4S2. The van der Waals surface area contributed by atoms with Crippen LogP contribution in [0.2, 0.25) is 0 Å². The normalized spacial score (nSPS) is 13.3. The van der Waals surface area contributed by atoms with Gasteiger partial charge in [0, 0.05) is 13.1 Å². The number of hydrogen-bond donors (Lipinski definition) is 1. The van der Waals surface area contributed by atoms with Crippen molar-refractivity contribution in [1.29, 1.82) is 0 Å². The zero-order valence-electron chi connectivity index (χ0n) is 12.1. The zero-order chi connectivity index (χ0) is 16.2. The fourth-order valence-electron chi connectivity index (χ4n) is 1.81. The van der Waals surface area contributed by atoms with Crippen LogP contribution in [0.4, 0.5) is 11.4 Å². The van der Waals surface area contributed by atoms with Crippen LogP contribution < -0.4 is 5.73 Å². The van der Waals surface area contributed by atoms with Gasteiger partial charge in [-0.05, 0) is 37.5 Å². The van der Waals surface area contributed by atoms with Crippen LogP contribution in [0.5, 0.6) is 0 Å². The van der Waals surface area contributed by atoms with E-state index >= 15 is 0 Å². The average molecular weight is 333 g/mol. The van der Waals surface area contributed by atoms with Crippen LogP contribution in [0.1, 0.15) is 13.3 Å². The molecule has 0 fully saturated rings. The van der Waals surface area contributed by atoms with E-state index in [1.807, 2.05) is 6.26 Å². The topological polar surface area (TPSA) is 107 Å². The summed E-state index contributed by atoms with van der Waals surface area (Å²) >= 11 is 1.61.